The summed E-state index contributed by atoms with van der Waals surface area (Å²) in [6.07, 6.45) is 3.57. The Balaban J connectivity index is 0.000000921. The van der Waals surface area contributed by atoms with Gasteiger partial charge in [-0.1, -0.05) is 39.3 Å². The van der Waals surface area contributed by atoms with Gasteiger partial charge >= 0.3 is 0 Å². The van der Waals surface area contributed by atoms with Crippen LogP contribution in [0.15, 0.2) is 12.1 Å². The van der Waals surface area contributed by atoms with E-state index in [1.165, 1.54) is 18.4 Å². The minimum Gasteiger partial charge on any atom is -0.507 e. The van der Waals surface area contributed by atoms with Gasteiger partial charge in [-0.15, -0.1) is 0 Å². The van der Waals surface area contributed by atoms with Gasteiger partial charge in [0, 0.05) is 0 Å². The van der Waals surface area contributed by atoms with Crippen molar-refractivity contribution in [3.63, 3.8) is 0 Å². The highest BCUT2D eigenvalue weighted by molar-refractivity contribution is 5.42. The Morgan fingerprint density at radius 3 is 1.93 bits per heavy atom. The zero-order chi connectivity index (χ0) is 11.8. The average Bonchev–Trinajstić information content (AvgIpc) is 2.25. The molecule has 0 aliphatic heterocycles. The lowest BCUT2D eigenvalue weighted by atomic mass is 10.0. The average molecular weight is 208 g/mol. The van der Waals surface area contributed by atoms with E-state index in [0.717, 1.165) is 17.5 Å². The van der Waals surface area contributed by atoms with Crippen LogP contribution in [0.2, 0.25) is 0 Å². The van der Waals surface area contributed by atoms with Crippen LogP contribution in [-0.4, -0.2) is 5.11 Å². The molecule has 1 rings (SSSR count). The highest BCUT2D eigenvalue weighted by Gasteiger charge is 2.02. The third-order valence-corrected chi connectivity index (χ3v) is 2.37. The van der Waals surface area contributed by atoms with Crippen LogP contribution in [0.4, 0.5) is 0 Å². The zero-order valence-electron chi connectivity index (χ0n) is 10.7. The molecule has 0 aromatic heterocycles. The highest BCUT2D eigenvalue weighted by atomic mass is 16.3. The van der Waals surface area contributed by atoms with Crippen molar-refractivity contribution in [1.29, 1.82) is 0 Å². The summed E-state index contributed by atoms with van der Waals surface area (Å²) < 4.78 is 0. The Kier molecular flexibility index (Phi) is 6.85. The molecule has 1 N–H and O–H groups in total. The van der Waals surface area contributed by atoms with Gasteiger partial charge in [0.15, 0.2) is 0 Å². The van der Waals surface area contributed by atoms with Crippen LogP contribution >= 0.6 is 0 Å². The van der Waals surface area contributed by atoms with E-state index in [0.29, 0.717) is 5.75 Å². The molecule has 0 spiro atoms. The molecule has 1 nitrogen and oxygen atoms in total. The number of phenols is 1. The van der Waals surface area contributed by atoms with Crippen molar-refractivity contribution in [3.05, 3.63) is 28.8 Å². The number of benzene rings is 1. The second-order valence-electron chi connectivity index (χ2n) is 3.68. The van der Waals surface area contributed by atoms with E-state index in [1.54, 1.807) is 0 Å². The molecule has 1 aromatic rings. The predicted molar refractivity (Wildman–Crippen MR) is 67.5 cm³/mol. The first-order chi connectivity index (χ1) is 7.15. The summed E-state index contributed by atoms with van der Waals surface area (Å²) in [6.45, 7) is 10.1. The maximum atomic E-state index is 9.56. The van der Waals surface area contributed by atoms with Crippen molar-refractivity contribution < 1.29 is 5.11 Å². The first kappa shape index (κ1) is 14.0. The quantitative estimate of drug-likeness (QED) is 0.781. The molecule has 0 saturated carbocycles. The van der Waals surface area contributed by atoms with Gasteiger partial charge in [-0.3, -0.25) is 0 Å². The topological polar surface area (TPSA) is 20.2 Å². The molecule has 0 radical (unpaired) electrons. The van der Waals surface area contributed by atoms with Crippen molar-refractivity contribution in [2.45, 2.75) is 53.9 Å². The molecule has 0 aliphatic rings. The van der Waals surface area contributed by atoms with Gasteiger partial charge in [0.05, 0.1) is 0 Å². The fraction of sp³-hybridized carbons (Fsp3) is 0.571. The summed E-state index contributed by atoms with van der Waals surface area (Å²) >= 11 is 0. The van der Waals surface area contributed by atoms with Crippen LogP contribution in [0.1, 0.15) is 50.3 Å². The number of phenolic OH excluding ortho intramolecular Hbond substituents is 1. The van der Waals surface area contributed by atoms with Gasteiger partial charge in [-0.25, -0.2) is 0 Å². The Hall–Kier alpha value is -0.980. The monoisotopic (exact) mass is 208 g/mol. The molecule has 15 heavy (non-hydrogen) atoms. The summed E-state index contributed by atoms with van der Waals surface area (Å²) in [5, 5.41) is 9.56. The number of aromatic hydroxyl groups is 1. The van der Waals surface area contributed by atoms with Crippen LogP contribution in [0.25, 0.3) is 0 Å². The number of hydrogen-bond acceptors (Lipinski definition) is 1. The van der Waals surface area contributed by atoms with E-state index < -0.39 is 0 Å². The SMILES string of the molecule is CC.CCCCc1cc(C)c(O)c(C)c1. The molecule has 0 heterocycles. The molecule has 0 saturated heterocycles. The number of rotatable bonds is 3. The second kappa shape index (κ2) is 7.33. The van der Waals surface area contributed by atoms with E-state index in [9.17, 15) is 5.11 Å². The van der Waals surface area contributed by atoms with E-state index in [-0.39, 0.29) is 0 Å². The lowest BCUT2D eigenvalue weighted by Gasteiger charge is -2.07. The normalized spacial score (nSPS) is 9.40. The van der Waals surface area contributed by atoms with Gasteiger partial charge in [0.2, 0.25) is 0 Å². The Morgan fingerprint density at radius 2 is 1.53 bits per heavy atom. The summed E-state index contributed by atoms with van der Waals surface area (Å²) in [4.78, 5) is 0. The summed E-state index contributed by atoms with van der Waals surface area (Å²) in [6, 6.07) is 4.16. The van der Waals surface area contributed by atoms with Crippen molar-refractivity contribution in [2.24, 2.45) is 0 Å². The minimum absolute atomic E-state index is 0.445. The Morgan fingerprint density at radius 1 is 1.07 bits per heavy atom. The lowest BCUT2D eigenvalue weighted by molar-refractivity contribution is 0.466. The van der Waals surface area contributed by atoms with Crippen LogP contribution in [0.3, 0.4) is 0 Å². The second-order valence-corrected chi connectivity index (χ2v) is 3.68. The number of unbranched alkanes of at least 4 members (excludes halogenated alkanes) is 1. The Labute approximate surface area is 94.2 Å². The third kappa shape index (κ3) is 4.37. The number of aryl methyl sites for hydroxylation is 3. The van der Waals surface area contributed by atoms with Crippen molar-refractivity contribution >= 4 is 0 Å². The lowest BCUT2D eigenvalue weighted by Crippen LogP contribution is -1.89. The molecule has 0 fully saturated rings. The maximum absolute atomic E-state index is 9.56. The molecule has 1 heteroatoms. The first-order valence-electron chi connectivity index (χ1n) is 5.94. The molecular formula is C14H24O. The van der Waals surface area contributed by atoms with E-state index in [1.807, 2.05) is 27.7 Å². The van der Waals surface area contributed by atoms with Crippen molar-refractivity contribution in [3.8, 4) is 5.75 Å². The van der Waals surface area contributed by atoms with Gasteiger partial charge in [-0.2, -0.15) is 0 Å². The van der Waals surface area contributed by atoms with E-state index in [4.69, 9.17) is 0 Å². The predicted octanol–water partition coefficient (Wildman–Crippen LogP) is 4.38. The van der Waals surface area contributed by atoms with Gasteiger partial charge in [-0.05, 0) is 43.4 Å². The molecule has 0 atom stereocenters. The zero-order valence-corrected chi connectivity index (χ0v) is 10.7. The van der Waals surface area contributed by atoms with Gasteiger partial charge in [0.25, 0.3) is 0 Å². The molecule has 0 aliphatic carbocycles. The van der Waals surface area contributed by atoms with Gasteiger partial charge < -0.3 is 5.11 Å². The summed E-state index contributed by atoms with van der Waals surface area (Å²) in [5.74, 6) is 0.445. The van der Waals surface area contributed by atoms with E-state index >= 15 is 0 Å². The largest absolute Gasteiger partial charge is 0.507 e. The van der Waals surface area contributed by atoms with Crippen molar-refractivity contribution in [2.75, 3.05) is 0 Å². The summed E-state index contributed by atoms with van der Waals surface area (Å²) in [5.41, 5.74) is 3.33. The molecule has 0 bridgehead atoms. The number of hydrogen-bond donors (Lipinski definition) is 1. The third-order valence-electron chi connectivity index (χ3n) is 2.37. The molecule has 86 valence electrons. The van der Waals surface area contributed by atoms with Crippen LogP contribution < -0.4 is 0 Å². The fourth-order valence-electron chi connectivity index (χ4n) is 1.57. The van der Waals surface area contributed by atoms with Crippen molar-refractivity contribution in [1.82, 2.24) is 0 Å². The van der Waals surface area contributed by atoms with Gasteiger partial charge in [0.1, 0.15) is 5.75 Å². The van der Waals surface area contributed by atoms with Crippen LogP contribution in [0.5, 0.6) is 5.75 Å². The smallest absolute Gasteiger partial charge is 0.121 e. The Bertz CT molecular complexity index is 266. The molecular weight excluding hydrogens is 184 g/mol. The maximum Gasteiger partial charge on any atom is 0.121 e. The standard InChI is InChI=1S/C12H18O.C2H6/c1-4-5-6-11-7-9(2)12(13)10(3)8-11;1-2/h7-8,13H,4-6H2,1-3H3;1-2H3. The van der Waals surface area contributed by atoms with Crippen LogP contribution in [0, 0.1) is 13.8 Å². The minimum atomic E-state index is 0.445. The molecule has 1 aromatic carbocycles. The van der Waals surface area contributed by atoms with E-state index in [2.05, 4.69) is 19.1 Å². The highest BCUT2D eigenvalue weighted by Crippen LogP contribution is 2.23. The summed E-state index contributed by atoms with van der Waals surface area (Å²) in [7, 11) is 0. The molecule has 0 unspecified atom stereocenters. The van der Waals surface area contributed by atoms with Crippen LogP contribution in [-0.2, 0) is 6.42 Å². The fourth-order valence-corrected chi connectivity index (χ4v) is 1.57. The first-order valence-corrected chi connectivity index (χ1v) is 5.94. The molecule has 0 amide bonds.